The van der Waals surface area contributed by atoms with Gasteiger partial charge in [-0.3, -0.25) is 4.79 Å². The lowest BCUT2D eigenvalue weighted by Crippen LogP contribution is -2.54. The minimum absolute atomic E-state index is 0.00725. The molecule has 0 saturated heterocycles. The molecule has 1 aliphatic carbocycles. The predicted octanol–water partition coefficient (Wildman–Crippen LogP) is 1.52. The molecule has 4 heteroatoms. The van der Waals surface area contributed by atoms with Crippen LogP contribution in [-0.4, -0.2) is 29.0 Å². The molecule has 15 heavy (non-hydrogen) atoms. The smallest absolute Gasteiger partial charge is 0.240 e. The molecule has 3 N–H and O–H groups in total. The lowest BCUT2D eigenvalue weighted by molar-refractivity contribution is -0.126. The Bertz CT molecular complexity index is 235. The molecule has 0 heterocycles. The largest absolute Gasteiger partial charge is 0.353 e. The van der Waals surface area contributed by atoms with Gasteiger partial charge in [0.15, 0.2) is 0 Å². The highest BCUT2D eigenvalue weighted by Crippen LogP contribution is 2.46. The molecule has 0 bridgehead atoms. The zero-order valence-corrected chi connectivity index (χ0v) is 10.7. The third kappa shape index (κ3) is 2.88. The highest BCUT2D eigenvalue weighted by Gasteiger charge is 2.43. The van der Waals surface area contributed by atoms with Crippen LogP contribution in [0.4, 0.5) is 0 Å². The number of hydrogen-bond donors (Lipinski definition) is 2. The third-order valence-electron chi connectivity index (χ3n) is 3.53. The summed E-state index contributed by atoms with van der Waals surface area (Å²) in [6, 6.07) is 0. The molecular weight excluding hydrogens is 208 g/mol. The van der Waals surface area contributed by atoms with Crippen LogP contribution in [0.3, 0.4) is 0 Å². The Morgan fingerprint density at radius 3 is 2.33 bits per heavy atom. The molecule has 0 aromatic carbocycles. The quantitative estimate of drug-likeness (QED) is 0.727. The molecule has 1 rings (SSSR count). The summed E-state index contributed by atoms with van der Waals surface area (Å²) >= 11 is 1.85. The van der Waals surface area contributed by atoms with Gasteiger partial charge in [-0.1, -0.05) is 13.8 Å². The van der Waals surface area contributed by atoms with Gasteiger partial charge in [-0.25, -0.2) is 0 Å². The third-order valence-corrected chi connectivity index (χ3v) is 4.94. The van der Waals surface area contributed by atoms with E-state index >= 15 is 0 Å². The fourth-order valence-corrected chi connectivity index (χ4v) is 2.31. The van der Waals surface area contributed by atoms with Gasteiger partial charge in [-0.05, 0) is 31.9 Å². The van der Waals surface area contributed by atoms with Crippen molar-refractivity contribution in [3.05, 3.63) is 0 Å². The van der Waals surface area contributed by atoms with Crippen LogP contribution in [0.5, 0.6) is 0 Å². The number of nitrogens with one attached hydrogen (secondary N) is 1. The second kappa shape index (κ2) is 4.74. The summed E-state index contributed by atoms with van der Waals surface area (Å²) in [4.78, 5) is 11.9. The van der Waals surface area contributed by atoms with Crippen molar-refractivity contribution < 1.29 is 4.79 Å². The van der Waals surface area contributed by atoms with Gasteiger partial charge in [-0.15, -0.1) is 0 Å². The summed E-state index contributed by atoms with van der Waals surface area (Å²) in [7, 11) is 0. The molecule has 0 aromatic heterocycles. The molecule has 1 saturated carbocycles. The number of rotatable bonds is 6. The highest BCUT2D eigenvalue weighted by molar-refractivity contribution is 8.00. The van der Waals surface area contributed by atoms with Crippen molar-refractivity contribution >= 4 is 17.7 Å². The zero-order valence-electron chi connectivity index (χ0n) is 9.93. The highest BCUT2D eigenvalue weighted by atomic mass is 32.2. The minimum atomic E-state index is -0.672. The van der Waals surface area contributed by atoms with E-state index in [9.17, 15) is 4.79 Å². The Hall–Kier alpha value is -0.220. The number of nitrogens with two attached hydrogens (primary N) is 1. The summed E-state index contributed by atoms with van der Waals surface area (Å²) < 4.78 is 0.318. The van der Waals surface area contributed by atoms with Gasteiger partial charge < -0.3 is 11.1 Å². The van der Waals surface area contributed by atoms with Gasteiger partial charge in [0.2, 0.25) is 5.91 Å². The number of hydrogen-bond acceptors (Lipinski definition) is 3. The maximum Gasteiger partial charge on any atom is 0.240 e. The molecular formula is C11H22N2OS. The first-order valence-electron chi connectivity index (χ1n) is 5.64. The van der Waals surface area contributed by atoms with Crippen LogP contribution in [-0.2, 0) is 4.79 Å². The maximum atomic E-state index is 11.9. The van der Waals surface area contributed by atoms with Crippen LogP contribution in [0.15, 0.2) is 0 Å². The van der Waals surface area contributed by atoms with E-state index in [0.717, 1.165) is 6.54 Å². The van der Waals surface area contributed by atoms with E-state index in [1.807, 2.05) is 25.6 Å². The van der Waals surface area contributed by atoms with Gasteiger partial charge in [-0.2, -0.15) is 11.8 Å². The normalized spacial score (nSPS) is 18.7. The number of carbonyl (C=O) groups is 1. The van der Waals surface area contributed by atoms with Crippen LogP contribution < -0.4 is 11.1 Å². The van der Waals surface area contributed by atoms with E-state index in [1.54, 1.807) is 0 Å². The Morgan fingerprint density at radius 1 is 1.47 bits per heavy atom. The first-order chi connectivity index (χ1) is 7.02. The molecule has 0 atom stereocenters. The van der Waals surface area contributed by atoms with Crippen molar-refractivity contribution in [1.29, 1.82) is 0 Å². The average Bonchev–Trinajstić information content (AvgIpc) is 3.05. The van der Waals surface area contributed by atoms with Crippen molar-refractivity contribution in [3.8, 4) is 0 Å². The topological polar surface area (TPSA) is 55.1 Å². The molecule has 1 fully saturated rings. The molecule has 88 valence electrons. The van der Waals surface area contributed by atoms with Crippen molar-refractivity contribution in [2.75, 3.05) is 12.8 Å². The van der Waals surface area contributed by atoms with Gasteiger partial charge in [0.25, 0.3) is 0 Å². The fraction of sp³-hybridized carbons (Fsp3) is 0.909. The van der Waals surface area contributed by atoms with E-state index in [1.165, 1.54) is 12.8 Å². The summed E-state index contributed by atoms with van der Waals surface area (Å²) in [6.07, 6.45) is 5.92. The standard InChI is InChI=1S/C11H22N2OS/c1-4-11(12,5-2)9(14)13-8-10(15-3)6-7-10/h4-8,12H2,1-3H3,(H,13,14). The minimum Gasteiger partial charge on any atom is -0.353 e. The van der Waals surface area contributed by atoms with Crippen LogP contribution >= 0.6 is 11.8 Å². The van der Waals surface area contributed by atoms with E-state index in [0.29, 0.717) is 17.6 Å². The molecule has 0 aliphatic heterocycles. The summed E-state index contributed by atoms with van der Waals surface area (Å²) in [6.45, 7) is 4.70. The van der Waals surface area contributed by atoms with Crippen molar-refractivity contribution in [2.24, 2.45) is 5.73 Å². The SMILES string of the molecule is CCC(N)(CC)C(=O)NCC1(SC)CC1. The van der Waals surface area contributed by atoms with E-state index in [4.69, 9.17) is 5.73 Å². The Balaban J connectivity index is 2.41. The predicted molar refractivity (Wildman–Crippen MR) is 66.0 cm³/mol. The molecule has 0 unspecified atom stereocenters. The van der Waals surface area contributed by atoms with Crippen LogP contribution in [0.1, 0.15) is 39.5 Å². The van der Waals surface area contributed by atoms with Crippen LogP contribution in [0, 0.1) is 0 Å². The maximum absolute atomic E-state index is 11.9. The molecule has 0 aromatic rings. The Kier molecular flexibility index (Phi) is 4.06. The molecule has 0 radical (unpaired) electrons. The van der Waals surface area contributed by atoms with Crippen molar-refractivity contribution in [3.63, 3.8) is 0 Å². The van der Waals surface area contributed by atoms with Crippen LogP contribution in [0.25, 0.3) is 0 Å². The van der Waals surface area contributed by atoms with Gasteiger partial charge in [0, 0.05) is 11.3 Å². The Morgan fingerprint density at radius 2 is 2.00 bits per heavy atom. The average molecular weight is 230 g/mol. The number of carbonyl (C=O) groups excluding carboxylic acids is 1. The molecule has 1 aliphatic rings. The second-order valence-corrected chi connectivity index (χ2v) is 5.71. The lowest BCUT2D eigenvalue weighted by atomic mass is 9.93. The zero-order chi connectivity index (χ0) is 11.5. The first kappa shape index (κ1) is 12.8. The van der Waals surface area contributed by atoms with Crippen molar-refractivity contribution in [1.82, 2.24) is 5.32 Å². The van der Waals surface area contributed by atoms with E-state index < -0.39 is 5.54 Å². The summed E-state index contributed by atoms with van der Waals surface area (Å²) in [5.74, 6) is 0.00725. The first-order valence-corrected chi connectivity index (χ1v) is 6.87. The van der Waals surface area contributed by atoms with Gasteiger partial charge >= 0.3 is 0 Å². The van der Waals surface area contributed by atoms with Gasteiger partial charge in [0.05, 0.1) is 5.54 Å². The fourth-order valence-electron chi connectivity index (χ4n) is 1.58. The van der Waals surface area contributed by atoms with Crippen LogP contribution in [0.2, 0.25) is 0 Å². The Labute approximate surface area is 96.6 Å². The van der Waals surface area contributed by atoms with Gasteiger partial charge in [0.1, 0.15) is 0 Å². The van der Waals surface area contributed by atoms with E-state index in [-0.39, 0.29) is 5.91 Å². The monoisotopic (exact) mass is 230 g/mol. The lowest BCUT2D eigenvalue weighted by Gasteiger charge is -2.26. The van der Waals surface area contributed by atoms with E-state index in [2.05, 4.69) is 11.6 Å². The molecule has 3 nitrogen and oxygen atoms in total. The second-order valence-electron chi connectivity index (χ2n) is 4.43. The molecule has 1 amide bonds. The van der Waals surface area contributed by atoms with Crippen molar-refractivity contribution in [2.45, 2.75) is 49.8 Å². The molecule has 0 spiro atoms. The number of thioether (sulfide) groups is 1. The number of amides is 1. The summed E-state index contributed by atoms with van der Waals surface area (Å²) in [5.41, 5.74) is 5.34. The summed E-state index contributed by atoms with van der Waals surface area (Å²) in [5, 5.41) is 2.99.